The second kappa shape index (κ2) is 9.87. The predicted octanol–water partition coefficient (Wildman–Crippen LogP) is 4.55. The van der Waals surface area contributed by atoms with Gasteiger partial charge in [0.05, 0.1) is 31.0 Å². The number of para-hydroxylation sites is 1. The van der Waals surface area contributed by atoms with Gasteiger partial charge >= 0.3 is 17.9 Å². The van der Waals surface area contributed by atoms with Gasteiger partial charge in [0, 0.05) is 6.20 Å². The first-order chi connectivity index (χ1) is 16.5. The van der Waals surface area contributed by atoms with Gasteiger partial charge in [-0.05, 0) is 47.2 Å². The summed E-state index contributed by atoms with van der Waals surface area (Å²) in [6.07, 6.45) is 6.22. The summed E-state index contributed by atoms with van der Waals surface area (Å²) in [6, 6.07) is 19.7. The maximum absolute atomic E-state index is 13.2. The molecule has 0 bridgehead atoms. The number of anilines is 1. The van der Waals surface area contributed by atoms with Crippen LogP contribution in [0.5, 0.6) is 5.75 Å². The molecule has 0 aromatic heterocycles. The first kappa shape index (κ1) is 22.5. The van der Waals surface area contributed by atoms with Crippen LogP contribution >= 0.6 is 0 Å². The van der Waals surface area contributed by atoms with Gasteiger partial charge in [0.1, 0.15) is 11.4 Å². The molecule has 7 heteroatoms. The van der Waals surface area contributed by atoms with Crippen LogP contribution in [-0.4, -0.2) is 32.1 Å². The van der Waals surface area contributed by atoms with E-state index in [1.54, 1.807) is 54.8 Å². The van der Waals surface area contributed by atoms with Crippen molar-refractivity contribution in [2.45, 2.75) is 0 Å². The molecular weight excluding hydrogens is 434 g/mol. The van der Waals surface area contributed by atoms with Gasteiger partial charge in [-0.1, -0.05) is 48.5 Å². The van der Waals surface area contributed by atoms with Gasteiger partial charge in [-0.15, -0.1) is 0 Å². The van der Waals surface area contributed by atoms with E-state index < -0.39 is 17.9 Å². The molecule has 0 fully saturated rings. The average Bonchev–Trinajstić information content (AvgIpc) is 3.10. The molecule has 0 aliphatic carbocycles. The van der Waals surface area contributed by atoms with Gasteiger partial charge in [-0.25, -0.2) is 14.4 Å². The number of esters is 3. The lowest BCUT2D eigenvalue weighted by atomic mass is 10.1. The van der Waals surface area contributed by atoms with Crippen LogP contribution in [0.1, 0.15) is 10.4 Å². The van der Waals surface area contributed by atoms with Crippen LogP contribution < -0.4 is 9.64 Å². The Kier molecular flexibility index (Phi) is 6.54. The van der Waals surface area contributed by atoms with Crippen LogP contribution in [0.2, 0.25) is 0 Å². The number of carbonyl (C=O) groups excluding carboxylic acids is 3. The Balaban J connectivity index is 1.76. The lowest BCUT2D eigenvalue weighted by molar-refractivity contribution is -0.139. The third-order valence-corrected chi connectivity index (χ3v) is 5.20. The maximum atomic E-state index is 13.2. The van der Waals surface area contributed by atoms with Crippen molar-refractivity contribution in [3.05, 3.63) is 108 Å². The highest BCUT2D eigenvalue weighted by Crippen LogP contribution is 2.30. The molecule has 1 heterocycles. The number of fused-ring (bicyclic) bond motifs is 1. The van der Waals surface area contributed by atoms with E-state index in [-0.39, 0.29) is 16.8 Å². The summed E-state index contributed by atoms with van der Waals surface area (Å²) >= 11 is 0. The topological polar surface area (TPSA) is 82.1 Å². The SMILES string of the molecule is COC(=O)C1=C(C(=O)OC)N(c2ccccc2C(=O)Oc2ccc3ccccc3c2)C=CC=C1. The fraction of sp³-hybridized carbons (Fsp3) is 0.0741. The van der Waals surface area contributed by atoms with E-state index in [0.717, 1.165) is 10.8 Å². The average molecular weight is 455 g/mol. The lowest BCUT2D eigenvalue weighted by Gasteiger charge is -2.24. The number of allylic oxidation sites excluding steroid dienone is 2. The Bertz CT molecular complexity index is 1370. The second-order valence-electron chi connectivity index (χ2n) is 7.23. The third-order valence-electron chi connectivity index (χ3n) is 5.20. The number of nitrogens with zero attached hydrogens (tertiary/aromatic N) is 1. The standard InChI is InChI=1S/C27H21NO6/c1-32-25(29)22-12-7-8-16-28(24(22)27(31)33-2)23-13-6-5-11-21(23)26(30)34-20-15-14-18-9-3-4-10-19(18)17-20/h3-17H,1-2H3. The molecule has 34 heavy (non-hydrogen) atoms. The van der Waals surface area contributed by atoms with E-state index in [9.17, 15) is 14.4 Å². The molecule has 4 rings (SSSR count). The Hall–Kier alpha value is -4.65. The zero-order valence-corrected chi connectivity index (χ0v) is 18.6. The largest absolute Gasteiger partial charge is 0.465 e. The van der Waals surface area contributed by atoms with Gasteiger partial charge in [-0.2, -0.15) is 0 Å². The normalized spacial score (nSPS) is 12.9. The van der Waals surface area contributed by atoms with Crippen LogP contribution in [0, 0.1) is 0 Å². The molecule has 3 aromatic rings. The molecule has 0 N–H and O–H groups in total. The van der Waals surface area contributed by atoms with E-state index in [1.807, 2.05) is 30.3 Å². The number of carbonyl (C=O) groups is 3. The molecule has 170 valence electrons. The van der Waals surface area contributed by atoms with Crippen molar-refractivity contribution in [1.82, 2.24) is 0 Å². The lowest BCUT2D eigenvalue weighted by Crippen LogP contribution is -2.28. The number of hydrogen-bond acceptors (Lipinski definition) is 7. The van der Waals surface area contributed by atoms with Crippen LogP contribution in [-0.2, 0) is 19.1 Å². The molecule has 3 aromatic carbocycles. The van der Waals surface area contributed by atoms with Crippen LogP contribution in [0.15, 0.2) is 102 Å². The smallest absolute Gasteiger partial charge is 0.355 e. The van der Waals surface area contributed by atoms with E-state index >= 15 is 0 Å². The number of hydrogen-bond donors (Lipinski definition) is 0. The highest BCUT2D eigenvalue weighted by atomic mass is 16.5. The zero-order valence-electron chi connectivity index (χ0n) is 18.6. The van der Waals surface area contributed by atoms with Gasteiger partial charge in [-0.3, -0.25) is 0 Å². The summed E-state index contributed by atoms with van der Waals surface area (Å²) in [5, 5.41) is 1.95. The fourth-order valence-corrected chi connectivity index (χ4v) is 3.60. The molecule has 0 spiro atoms. The summed E-state index contributed by atoms with van der Waals surface area (Å²) in [7, 11) is 2.43. The highest BCUT2D eigenvalue weighted by molar-refractivity contribution is 6.07. The third kappa shape index (κ3) is 4.45. The Morgan fingerprint density at radius 3 is 2.21 bits per heavy atom. The number of methoxy groups -OCH3 is 2. The van der Waals surface area contributed by atoms with Gasteiger partial charge in [0.25, 0.3) is 0 Å². The Morgan fingerprint density at radius 2 is 1.44 bits per heavy atom. The van der Waals surface area contributed by atoms with Crippen LogP contribution in [0.25, 0.3) is 10.8 Å². The van der Waals surface area contributed by atoms with Crippen molar-refractivity contribution in [2.24, 2.45) is 0 Å². The van der Waals surface area contributed by atoms with Gasteiger partial charge < -0.3 is 19.1 Å². The molecule has 1 aliphatic heterocycles. The van der Waals surface area contributed by atoms with Crippen molar-refractivity contribution in [2.75, 3.05) is 19.1 Å². The molecule has 0 unspecified atom stereocenters. The number of ether oxygens (including phenoxy) is 3. The number of rotatable bonds is 5. The maximum Gasteiger partial charge on any atom is 0.355 e. The van der Waals surface area contributed by atoms with Crippen LogP contribution in [0.4, 0.5) is 5.69 Å². The van der Waals surface area contributed by atoms with E-state index in [1.165, 1.54) is 25.2 Å². The quantitative estimate of drug-likeness (QED) is 0.412. The monoisotopic (exact) mass is 455 g/mol. The van der Waals surface area contributed by atoms with Gasteiger partial charge in [0.15, 0.2) is 0 Å². The molecule has 1 aliphatic rings. The Labute approximate surface area is 196 Å². The first-order valence-electron chi connectivity index (χ1n) is 10.4. The molecule has 0 radical (unpaired) electrons. The van der Waals surface area contributed by atoms with Gasteiger partial charge in [0.2, 0.25) is 0 Å². The van der Waals surface area contributed by atoms with Crippen molar-refractivity contribution in [3.63, 3.8) is 0 Å². The molecule has 7 nitrogen and oxygen atoms in total. The fourth-order valence-electron chi connectivity index (χ4n) is 3.60. The second-order valence-corrected chi connectivity index (χ2v) is 7.23. The Morgan fingerprint density at radius 1 is 0.735 bits per heavy atom. The summed E-state index contributed by atoms with van der Waals surface area (Å²) < 4.78 is 15.4. The summed E-state index contributed by atoms with van der Waals surface area (Å²) in [5.74, 6) is -1.73. The van der Waals surface area contributed by atoms with Crippen molar-refractivity contribution < 1.29 is 28.6 Å². The van der Waals surface area contributed by atoms with Crippen molar-refractivity contribution in [1.29, 1.82) is 0 Å². The molecule has 0 atom stereocenters. The summed E-state index contributed by atoms with van der Waals surface area (Å²) in [6.45, 7) is 0. The minimum atomic E-state index is -0.769. The minimum Gasteiger partial charge on any atom is -0.465 e. The molecular formula is C27H21NO6. The highest BCUT2D eigenvalue weighted by Gasteiger charge is 2.29. The summed E-state index contributed by atoms with van der Waals surface area (Å²) in [4.78, 5) is 39.7. The molecule has 0 saturated heterocycles. The van der Waals surface area contributed by atoms with E-state index in [2.05, 4.69) is 0 Å². The van der Waals surface area contributed by atoms with E-state index in [4.69, 9.17) is 14.2 Å². The predicted molar refractivity (Wildman–Crippen MR) is 127 cm³/mol. The van der Waals surface area contributed by atoms with Crippen molar-refractivity contribution >= 4 is 34.4 Å². The first-order valence-corrected chi connectivity index (χ1v) is 10.4. The molecule has 0 amide bonds. The zero-order chi connectivity index (χ0) is 24.1. The minimum absolute atomic E-state index is 0.0166. The summed E-state index contributed by atoms with van der Waals surface area (Å²) in [5.41, 5.74) is 0.408. The number of benzene rings is 3. The molecule has 0 saturated carbocycles. The van der Waals surface area contributed by atoms with Crippen LogP contribution in [0.3, 0.4) is 0 Å². The van der Waals surface area contributed by atoms with Crippen molar-refractivity contribution in [3.8, 4) is 5.75 Å². The van der Waals surface area contributed by atoms with E-state index in [0.29, 0.717) is 11.4 Å².